The lowest BCUT2D eigenvalue weighted by Crippen LogP contribution is -2.15. The van der Waals surface area contributed by atoms with Crippen LogP contribution in [0.2, 0.25) is 0 Å². The summed E-state index contributed by atoms with van der Waals surface area (Å²) in [7, 11) is 0. The van der Waals surface area contributed by atoms with Gasteiger partial charge in [-0.1, -0.05) is 30.3 Å². The molecule has 0 fully saturated rings. The topological polar surface area (TPSA) is 102 Å². The van der Waals surface area contributed by atoms with Crippen LogP contribution in [0.15, 0.2) is 48.5 Å². The molecule has 0 aliphatic heterocycles. The maximum atomic E-state index is 11.8. The highest BCUT2D eigenvalue weighted by Gasteiger charge is 2.13. The first-order chi connectivity index (χ1) is 10.6. The number of rotatable bonds is 5. The normalized spacial score (nSPS) is 10.0. The molecule has 0 radical (unpaired) electrons. The number of anilines is 1. The number of amides is 1. The van der Waals surface area contributed by atoms with Crippen molar-refractivity contribution in [3.05, 3.63) is 69.8 Å². The lowest BCUT2D eigenvalue weighted by molar-refractivity contribution is -0.384. The summed E-state index contributed by atoms with van der Waals surface area (Å²) in [6.07, 6.45) is -0.751. The molecule has 0 unspecified atom stereocenters. The van der Waals surface area contributed by atoms with E-state index in [4.69, 9.17) is 4.74 Å². The van der Waals surface area contributed by atoms with Gasteiger partial charge in [-0.15, -0.1) is 0 Å². The van der Waals surface area contributed by atoms with Gasteiger partial charge in [0, 0.05) is 17.7 Å². The molecular formula is C15H14N2O5. The van der Waals surface area contributed by atoms with E-state index >= 15 is 0 Å². The lowest BCUT2D eigenvalue weighted by atomic mass is 10.1. The fourth-order valence-corrected chi connectivity index (χ4v) is 1.80. The Hall–Kier alpha value is -2.93. The minimum atomic E-state index is -0.751. The average molecular weight is 302 g/mol. The number of non-ortho nitro benzene ring substituents is 1. The summed E-state index contributed by atoms with van der Waals surface area (Å²) in [5.41, 5.74) is 1.15. The number of nitro benzene ring substituents is 1. The third kappa shape index (κ3) is 4.03. The number of nitrogens with one attached hydrogen (secondary N) is 1. The molecule has 0 aromatic heterocycles. The molecule has 2 aromatic carbocycles. The first-order valence-electron chi connectivity index (χ1n) is 6.46. The molecule has 2 rings (SSSR count). The van der Waals surface area contributed by atoms with Crippen LogP contribution in [0.5, 0.6) is 0 Å². The lowest BCUT2D eigenvalue weighted by Gasteiger charge is -2.10. The van der Waals surface area contributed by atoms with Crippen LogP contribution >= 0.6 is 0 Å². The monoisotopic (exact) mass is 302 g/mol. The highest BCUT2D eigenvalue weighted by molar-refractivity contribution is 5.86. The van der Waals surface area contributed by atoms with E-state index in [0.717, 1.165) is 5.56 Å². The van der Waals surface area contributed by atoms with Crippen molar-refractivity contribution in [3.8, 4) is 0 Å². The minimum absolute atomic E-state index is 0.0794. The SMILES string of the molecule is O=C(Nc1cc([N+](=O)[O-])ccc1CO)OCc1ccccc1. The van der Waals surface area contributed by atoms with E-state index in [-0.39, 0.29) is 24.6 Å². The van der Waals surface area contributed by atoms with E-state index < -0.39 is 11.0 Å². The number of carbonyl (C=O) groups is 1. The van der Waals surface area contributed by atoms with E-state index in [2.05, 4.69) is 5.32 Å². The molecule has 0 aliphatic rings. The van der Waals surface area contributed by atoms with E-state index in [9.17, 15) is 20.0 Å². The van der Waals surface area contributed by atoms with Crippen molar-refractivity contribution >= 4 is 17.5 Å². The number of aliphatic hydroxyl groups is 1. The highest BCUT2D eigenvalue weighted by Crippen LogP contribution is 2.23. The third-order valence-electron chi connectivity index (χ3n) is 2.92. The summed E-state index contributed by atoms with van der Waals surface area (Å²) in [6.45, 7) is -0.275. The molecular weight excluding hydrogens is 288 g/mol. The Kier molecular flexibility index (Phi) is 5.05. The molecule has 7 heteroatoms. The molecule has 114 valence electrons. The van der Waals surface area contributed by atoms with Gasteiger partial charge in [0.1, 0.15) is 6.61 Å². The zero-order valence-corrected chi connectivity index (χ0v) is 11.6. The van der Waals surface area contributed by atoms with Crippen molar-refractivity contribution in [2.45, 2.75) is 13.2 Å². The van der Waals surface area contributed by atoms with E-state index in [1.807, 2.05) is 18.2 Å². The summed E-state index contributed by atoms with van der Waals surface area (Å²) in [6, 6.07) is 12.9. The van der Waals surface area contributed by atoms with Crippen molar-refractivity contribution in [2.24, 2.45) is 0 Å². The molecule has 2 N–H and O–H groups in total. The van der Waals surface area contributed by atoms with Crippen LogP contribution in [0.1, 0.15) is 11.1 Å². The maximum absolute atomic E-state index is 11.8. The maximum Gasteiger partial charge on any atom is 0.411 e. The van der Waals surface area contributed by atoms with Crippen molar-refractivity contribution in [2.75, 3.05) is 5.32 Å². The van der Waals surface area contributed by atoms with Gasteiger partial charge in [-0.2, -0.15) is 0 Å². The number of nitro groups is 1. The van der Waals surface area contributed by atoms with E-state index in [0.29, 0.717) is 5.56 Å². The molecule has 22 heavy (non-hydrogen) atoms. The number of nitrogens with zero attached hydrogens (tertiary/aromatic N) is 1. The Morgan fingerprint density at radius 1 is 1.23 bits per heavy atom. The number of ether oxygens (including phenoxy) is 1. The summed E-state index contributed by atoms with van der Waals surface area (Å²) in [5, 5.41) is 22.4. The van der Waals surface area contributed by atoms with Gasteiger partial charge in [-0.3, -0.25) is 15.4 Å². The van der Waals surface area contributed by atoms with Crippen LogP contribution in [0, 0.1) is 10.1 Å². The molecule has 0 saturated heterocycles. The Bertz CT molecular complexity index is 673. The second kappa shape index (κ2) is 7.19. The Morgan fingerprint density at radius 3 is 2.59 bits per heavy atom. The van der Waals surface area contributed by atoms with E-state index in [1.54, 1.807) is 12.1 Å². The quantitative estimate of drug-likeness (QED) is 0.653. The fourth-order valence-electron chi connectivity index (χ4n) is 1.80. The second-order valence-corrected chi connectivity index (χ2v) is 4.44. The summed E-state index contributed by atoms with van der Waals surface area (Å²) >= 11 is 0. The molecule has 7 nitrogen and oxygen atoms in total. The Balaban J connectivity index is 2.04. The number of carbonyl (C=O) groups excluding carboxylic acids is 1. The van der Waals surface area contributed by atoms with Crippen molar-refractivity contribution in [1.82, 2.24) is 0 Å². The highest BCUT2D eigenvalue weighted by atomic mass is 16.6. The number of hydrogen-bond acceptors (Lipinski definition) is 5. The van der Waals surface area contributed by atoms with Gasteiger partial charge in [0.05, 0.1) is 17.2 Å². The van der Waals surface area contributed by atoms with Crippen molar-refractivity contribution in [3.63, 3.8) is 0 Å². The van der Waals surface area contributed by atoms with Gasteiger partial charge in [0.15, 0.2) is 0 Å². The summed E-state index contributed by atoms with van der Waals surface area (Å²) in [5.74, 6) is 0. The van der Waals surface area contributed by atoms with E-state index in [1.165, 1.54) is 18.2 Å². The molecule has 0 heterocycles. The smallest absolute Gasteiger partial charge is 0.411 e. The molecule has 1 amide bonds. The standard InChI is InChI=1S/C15H14N2O5/c18-9-12-6-7-13(17(20)21)8-14(12)16-15(19)22-10-11-4-2-1-3-5-11/h1-8,18H,9-10H2,(H,16,19). The predicted molar refractivity (Wildman–Crippen MR) is 79.3 cm³/mol. The molecule has 0 aliphatic carbocycles. The Morgan fingerprint density at radius 2 is 1.95 bits per heavy atom. The third-order valence-corrected chi connectivity index (χ3v) is 2.92. The van der Waals surface area contributed by atoms with Gasteiger partial charge >= 0.3 is 6.09 Å². The predicted octanol–water partition coefficient (Wildman–Crippen LogP) is 2.84. The second-order valence-electron chi connectivity index (χ2n) is 4.44. The van der Waals surface area contributed by atoms with Gasteiger partial charge < -0.3 is 9.84 Å². The van der Waals surface area contributed by atoms with Crippen molar-refractivity contribution < 1.29 is 19.6 Å². The van der Waals surface area contributed by atoms with Gasteiger partial charge in [0.25, 0.3) is 5.69 Å². The van der Waals surface area contributed by atoms with Gasteiger partial charge in [-0.25, -0.2) is 4.79 Å². The molecule has 0 spiro atoms. The van der Waals surface area contributed by atoms with Crippen LogP contribution in [-0.2, 0) is 18.0 Å². The number of aliphatic hydroxyl groups excluding tert-OH is 1. The molecule has 2 aromatic rings. The first kappa shape index (κ1) is 15.5. The summed E-state index contributed by atoms with van der Waals surface area (Å²) in [4.78, 5) is 21.9. The van der Waals surface area contributed by atoms with Gasteiger partial charge in [-0.05, 0) is 11.6 Å². The molecule has 0 bridgehead atoms. The number of benzene rings is 2. The van der Waals surface area contributed by atoms with Crippen LogP contribution in [0.3, 0.4) is 0 Å². The first-order valence-corrected chi connectivity index (χ1v) is 6.46. The minimum Gasteiger partial charge on any atom is -0.444 e. The molecule has 0 saturated carbocycles. The average Bonchev–Trinajstić information content (AvgIpc) is 2.53. The molecule has 0 atom stereocenters. The van der Waals surface area contributed by atoms with Crippen LogP contribution in [-0.4, -0.2) is 16.1 Å². The van der Waals surface area contributed by atoms with Crippen LogP contribution in [0.25, 0.3) is 0 Å². The number of hydrogen-bond donors (Lipinski definition) is 2. The van der Waals surface area contributed by atoms with Crippen molar-refractivity contribution in [1.29, 1.82) is 0 Å². The fraction of sp³-hybridized carbons (Fsp3) is 0.133. The van der Waals surface area contributed by atoms with Gasteiger partial charge in [0.2, 0.25) is 0 Å². The largest absolute Gasteiger partial charge is 0.444 e. The Labute approximate surface area is 126 Å². The zero-order chi connectivity index (χ0) is 15.9. The van der Waals surface area contributed by atoms with Crippen LogP contribution < -0.4 is 5.32 Å². The van der Waals surface area contributed by atoms with Crippen LogP contribution in [0.4, 0.5) is 16.2 Å². The zero-order valence-electron chi connectivity index (χ0n) is 11.6. The summed E-state index contributed by atoms with van der Waals surface area (Å²) < 4.78 is 5.03.